The molecule has 6 nitrogen and oxygen atoms in total. The van der Waals surface area contributed by atoms with Gasteiger partial charge in [-0.05, 0) is 54.8 Å². The smallest absolute Gasteiger partial charge is 0.374 e. The van der Waals surface area contributed by atoms with Gasteiger partial charge in [-0.3, -0.25) is 5.32 Å². The zero-order valence-corrected chi connectivity index (χ0v) is 16.5. The summed E-state index contributed by atoms with van der Waals surface area (Å²) in [6.07, 6.45) is 3.26. The van der Waals surface area contributed by atoms with Gasteiger partial charge in [-0.1, -0.05) is 51.0 Å². The quantitative estimate of drug-likeness (QED) is 0.447. The molecule has 2 rings (SSSR count). The first-order valence-corrected chi connectivity index (χ1v) is 10.5. The fraction of sp³-hybridized carbons (Fsp3) is 0.400. The predicted molar refractivity (Wildman–Crippen MR) is 105 cm³/mol. The summed E-state index contributed by atoms with van der Waals surface area (Å²) in [5, 5.41) is 13.1. The highest BCUT2D eigenvalue weighted by Gasteiger charge is 2.16. The first kappa shape index (κ1) is 21.2. The molecule has 1 atom stereocenters. The van der Waals surface area contributed by atoms with Crippen LogP contribution in [-0.4, -0.2) is 20.1 Å². The zero-order chi connectivity index (χ0) is 19.7. The lowest BCUT2D eigenvalue weighted by atomic mass is 10.2. The Morgan fingerprint density at radius 2 is 1.48 bits per heavy atom. The SMILES string of the molecule is CCCCCNC(O)c1ccc(OS(=O)(=O)Oc2ccc(CC)cc2)cc1. The van der Waals surface area contributed by atoms with E-state index in [1.54, 1.807) is 36.4 Å². The van der Waals surface area contributed by atoms with Gasteiger partial charge in [0.25, 0.3) is 0 Å². The number of hydrogen-bond donors (Lipinski definition) is 2. The molecule has 2 N–H and O–H groups in total. The van der Waals surface area contributed by atoms with Crippen molar-refractivity contribution >= 4 is 10.4 Å². The minimum atomic E-state index is -4.24. The number of unbranched alkanes of at least 4 members (excludes halogenated alkanes) is 2. The second kappa shape index (κ2) is 10.3. The Kier molecular flexibility index (Phi) is 8.09. The van der Waals surface area contributed by atoms with Crippen LogP contribution in [0.2, 0.25) is 0 Å². The van der Waals surface area contributed by atoms with Gasteiger partial charge in [0, 0.05) is 0 Å². The molecule has 148 valence electrons. The van der Waals surface area contributed by atoms with Crippen molar-refractivity contribution in [2.45, 2.75) is 45.8 Å². The zero-order valence-electron chi connectivity index (χ0n) is 15.7. The van der Waals surface area contributed by atoms with Crippen LogP contribution in [0.1, 0.15) is 50.5 Å². The Morgan fingerprint density at radius 3 is 2.00 bits per heavy atom. The van der Waals surface area contributed by atoms with Crippen LogP contribution in [0.15, 0.2) is 48.5 Å². The van der Waals surface area contributed by atoms with Crippen LogP contribution in [0.5, 0.6) is 11.5 Å². The van der Waals surface area contributed by atoms with Crippen LogP contribution < -0.4 is 13.7 Å². The summed E-state index contributed by atoms with van der Waals surface area (Å²) in [6.45, 7) is 4.84. The molecule has 1 unspecified atom stereocenters. The first-order valence-electron chi connectivity index (χ1n) is 9.17. The van der Waals surface area contributed by atoms with E-state index in [0.717, 1.165) is 31.2 Å². The first-order chi connectivity index (χ1) is 12.9. The minimum Gasteiger partial charge on any atom is -0.374 e. The number of aliphatic hydroxyl groups is 1. The summed E-state index contributed by atoms with van der Waals surface area (Å²) in [4.78, 5) is 0. The van der Waals surface area contributed by atoms with Crippen molar-refractivity contribution in [3.05, 3.63) is 59.7 Å². The van der Waals surface area contributed by atoms with Crippen LogP contribution in [0.25, 0.3) is 0 Å². The van der Waals surface area contributed by atoms with Gasteiger partial charge in [-0.15, -0.1) is 8.42 Å². The van der Waals surface area contributed by atoms with Crippen LogP contribution in [0.4, 0.5) is 0 Å². The van der Waals surface area contributed by atoms with Crippen molar-refractivity contribution in [1.29, 1.82) is 0 Å². The molecule has 0 aliphatic rings. The van der Waals surface area contributed by atoms with E-state index in [9.17, 15) is 13.5 Å². The predicted octanol–water partition coefficient (Wildman–Crippen LogP) is 3.72. The summed E-state index contributed by atoms with van der Waals surface area (Å²) in [7, 11) is -4.24. The number of nitrogens with one attached hydrogen (secondary N) is 1. The number of benzene rings is 2. The maximum absolute atomic E-state index is 12.0. The summed E-state index contributed by atoms with van der Waals surface area (Å²) >= 11 is 0. The summed E-state index contributed by atoms with van der Waals surface area (Å²) in [6, 6.07) is 13.0. The molecule has 0 aliphatic heterocycles. The van der Waals surface area contributed by atoms with Crippen LogP contribution in [0.3, 0.4) is 0 Å². The molecule has 0 aliphatic carbocycles. The van der Waals surface area contributed by atoms with Crippen LogP contribution >= 0.6 is 0 Å². The van der Waals surface area contributed by atoms with E-state index >= 15 is 0 Å². The highest BCUT2D eigenvalue weighted by atomic mass is 32.3. The maximum atomic E-state index is 12.0. The van der Waals surface area contributed by atoms with Gasteiger partial charge >= 0.3 is 10.4 Å². The van der Waals surface area contributed by atoms with Crippen molar-refractivity contribution < 1.29 is 21.9 Å². The largest absolute Gasteiger partial charge is 0.500 e. The van der Waals surface area contributed by atoms with E-state index in [0.29, 0.717) is 12.1 Å². The molecule has 0 saturated heterocycles. The highest BCUT2D eigenvalue weighted by Crippen LogP contribution is 2.20. The molecular formula is C20H27NO5S. The number of aryl methyl sites for hydroxylation is 1. The number of hydrogen-bond acceptors (Lipinski definition) is 6. The summed E-state index contributed by atoms with van der Waals surface area (Å²) < 4.78 is 34.0. The Morgan fingerprint density at radius 1 is 0.926 bits per heavy atom. The fourth-order valence-electron chi connectivity index (χ4n) is 2.47. The lowest BCUT2D eigenvalue weighted by Gasteiger charge is -2.14. The molecule has 27 heavy (non-hydrogen) atoms. The van der Waals surface area contributed by atoms with Crippen molar-refractivity contribution in [3.8, 4) is 11.5 Å². The Hall–Kier alpha value is -2.09. The molecule has 0 spiro atoms. The van der Waals surface area contributed by atoms with Crippen molar-refractivity contribution in [2.24, 2.45) is 0 Å². The van der Waals surface area contributed by atoms with Gasteiger partial charge in [0.05, 0.1) is 0 Å². The van der Waals surface area contributed by atoms with E-state index < -0.39 is 16.6 Å². The minimum absolute atomic E-state index is 0.113. The van der Waals surface area contributed by atoms with Crippen LogP contribution in [0, 0.1) is 0 Å². The number of aliphatic hydroxyl groups excluding tert-OH is 1. The molecule has 2 aromatic carbocycles. The van der Waals surface area contributed by atoms with E-state index in [2.05, 4.69) is 12.2 Å². The third kappa shape index (κ3) is 7.21. The van der Waals surface area contributed by atoms with Crippen molar-refractivity contribution in [3.63, 3.8) is 0 Å². The molecule has 0 fully saturated rings. The third-order valence-corrected chi connectivity index (χ3v) is 4.84. The molecule has 0 aromatic heterocycles. The Balaban J connectivity index is 1.91. The van der Waals surface area contributed by atoms with Gasteiger partial charge < -0.3 is 13.5 Å². The average Bonchev–Trinajstić information content (AvgIpc) is 2.65. The van der Waals surface area contributed by atoms with E-state index in [1.165, 1.54) is 12.1 Å². The molecule has 2 aromatic rings. The van der Waals surface area contributed by atoms with Crippen molar-refractivity contribution in [1.82, 2.24) is 5.32 Å². The van der Waals surface area contributed by atoms with Gasteiger partial charge in [0.15, 0.2) is 0 Å². The molecule has 0 radical (unpaired) electrons. The molecular weight excluding hydrogens is 366 g/mol. The normalized spacial score (nSPS) is 12.6. The second-order valence-corrected chi connectivity index (χ2v) is 7.36. The van der Waals surface area contributed by atoms with Crippen molar-refractivity contribution in [2.75, 3.05) is 6.54 Å². The number of rotatable bonds is 11. The van der Waals surface area contributed by atoms with Gasteiger partial charge in [0.1, 0.15) is 17.7 Å². The fourth-order valence-corrected chi connectivity index (χ4v) is 3.20. The van der Waals surface area contributed by atoms with Gasteiger partial charge in [0.2, 0.25) is 0 Å². The monoisotopic (exact) mass is 393 g/mol. The molecule has 0 bridgehead atoms. The van der Waals surface area contributed by atoms with Gasteiger partial charge in [-0.2, -0.15) is 0 Å². The highest BCUT2D eigenvalue weighted by molar-refractivity contribution is 7.82. The van der Waals surface area contributed by atoms with E-state index in [1.807, 2.05) is 6.92 Å². The lowest BCUT2D eigenvalue weighted by molar-refractivity contribution is 0.138. The summed E-state index contributed by atoms with van der Waals surface area (Å²) in [5.74, 6) is 0.303. The summed E-state index contributed by atoms with van der Waals surface area (Å²) in [5.41, 5.74) is 1.71. The topological polar surface area (TPSA) is 84.9 Å². The lowest BCUT2D eigenvalue weighted by Crippen LogP contribution is -2.22. The molecule has 0 saturated carbocycles. The van der Waals surface area contributed by atoms with Gasteiger partial charge in [-0.25, -0.2) is 0 Å². The Labute approximate surface area is 161 Å². The van der Waals surface area contributed by atoms with E-state index in [-0.39, 0.29) is 11.5 Å². The molecule has 0 amide bonds. The maximum Gasteiger partial charge on any atom is 0.500 e. The Bertz CT molecular complexity index is 788. The molecule has 7 heteroatoms. The molecule has 0 heterocycles. The van der Waals surface area contributed by atoms with Crippen LogP contribution in [-0.2, 0) is 16.8 Å². The average molecular weight is 394 g/mol. The third-order valence-electron chi connectivity index (χ3n) is 4.04. The standard InChI is InChI=1S/C20H27NO5S/c1-3-5-6-15-21-20(22)17-9-13-19(14-10-17)26-27(23,24)25-18-11-7-16(4-2)8-12-18/h7-14,20-22H,3-6,15H2,1-2H3. The second-order valence-electron chi connectivity index (χ2n) is 6.21. The van der Waals surface area contributed by atoms with E-state index in [4.69, 9.17) is 8.37 Å².